The molecule has 6 nitrogen and oxygen atoms in total. The van der Waals surface area contributed by atoms with Gasteiger partial charge in [-0.25, -0.2) is 19.1 Å². The summed E-state index contributed by atoms with van der Waals surface area (Å²) < 4.78 is 17.0. The average Bonchev–Trinajstić information content (AvgIpc) is 3.32. The molecule has 0 fully saturated rings. The van der Waals surface area contributed by atoms with E-state index in [-0.39, 0.29) is 11.1 Å². The maximum absolute atomic E-state index is 14.1. The number of fused-ring (bicyclic) bond motifs is 4. The lowest BCUT2D eigenvalue weighted by atomic mass is 9.93. The summed E-state index contributed by atoms with van der Waals surface area (Å²) in [6.45, 7) is 2.03. The highest BCUT2D eigenvalue weighted by Gasteiger charge is 2.42. The van der Waals surface area contributed by atoms with Crippen LogP contribution in [0.1, 0.15) is 22.9 Å². The van der Waals surface area contributed by atoms with Crippen molar-refractivity contribution in [3.05, 3.63) is 129 Å². The summed E-state index contributed by atoms with van der Waals surface area (Å²) in [5.41, 5.74) is 6.31. The summed E-state index contributed by atoms with van der Waals surface area (Å²) >= 11 is 9.88. The second kappa shape index (κ2) is 9.98. The number of aryl methyl sites for hydroxylation is 1. The minimum atomic E-state index is -0.474. The van der Waals surface area contributed by atoms with Crippen LogP contribution in [0.25, 0.3) is 5.69 Å². The van der Waals surface area contributed by atoms with Gasteiger partial charge in [-0.2, -0.15) is 5.10 Å². The second-order valence-corrected chi connectivity index (χ2v) is 11.2. The molecule has 2 aliphatic heterocycles. The summed E-state index contributed by atoms with van der Waals surface area (Å²) in [5.74, 6) is 1.53. The van der Waals surface area contributed by atoms with E-state index in [0.717, 1.165) is 44.2 Å². The molecule has 0 saturated heterocycles. The fourth-order valence-corrected chi connectivity index (χ4v) is 6.07. The lowest BCUT2D eigenvalue weighted by Gasteiger charge is -2.42. The third kappa shape index (κ3) is 4.26. The standard InChI is InChI=1S/C32H23BrClFN6/c1-19-28-29(20-9-8-10-21(33)17-20)40-27-14-7-6-13-26(27)36-31(39(2)23-15-16-25(35)24(34)18-23)32(40)37-30(28)41(38-19)22-11-4-3-5-12-22/h3-18,29H,1-2H3/t29-/m0/s1. The van der Waals surface area contributed by atoms with E-state index in [4.69, 9.17) is 26.7 Å². The zero-order chi connectivity index (χ0) is 28.2. The van der Waals surface area contributed by atoms with E-state index >= 15 is 0 Å². The molecule has 0 N–H and O–H groups in total. The van der Waals surface area contributed by atoms with Gasteiger partial charge in [0.15, 0.2) is 17.5 Å². The zero-order valence-electron chi connectivity index (χ0n) is 22.1. The molecule has 0 unspecified atom stereocenters. The van der Waals surface area contributed by atoms with Crippen LogP contribution in [0.3, 0.4) is 0 Å². The van der Waals surface area contributed by atoms with E-state index in [0.29, 0.717) is 17.4 Å². The molecule has 7 rings (SSSR count). The Labute approximate surface area is 250 Å². The number of halogens is 3. The van der Waals surface area contributed by atoms with Crippen molar-refractivity contribution in [1.82, 2.24) is 9.78 Å². The molecule has 0 bridgehead atoms. The first-order chi connectivity index (χ1) is 19.9. The molecule has 202 valence electrons. The second-order valence-electron chi connectivity index (χ2n) is 9.91. The van der Waals surface area contributed by atoms with Crippen molar-refractivity contribution in [2.45, 2.75) is 13.0 Å². The fraction of sp³-hybridized carbons (Fsp3) is 0.0938. The number of aliphatic imine (C=N–C) groups is 2. The van der Waals surface area contributed by atoms with Crippen LogP contribution in [0.15, 0.2) is 112 Å². The monoisotopic (exact) mass is 624 g/mol. The van der Waals surface area contributed by atoms with Crippen molar-refractivity contribution < 1.29 is 4.39 Å². The number of hydrogen-bond acceptors (Lipinski definition) is 5. The number of nitrogens with zero attached hydrogens (tertiary/aromatic N) is 6. The van der Waals surface area contributed by atoms with Crippen molar-refractivity contribution in [3.8, 4) is 5.69 Å². The maximum atomic E-state index is 14.1. The van der Waals surface area contributed by atoms with Crippen LogP contribution >= 0.6 is 27.5 Å². The van der Waals surface area contributed by atoms with Crippen LogP contribution in [-0.4, -0.2) is 28.5 Å². The molecule has 0 amide bonds. The Morgan fingerprint density at radius 3 is 2.46 bits per heavy atom. The van der Waals surface area contributed by atoms with Crippen molar-refractivity contribution >= 4 is 62.1 Å². The Hall–Kier alpha value is -4.27. The molecule has 0 aliphatic carbocycles. The molecule has 3 heterocycles. The van der Waals surface area contributed by atoms with Crippen molar-refractivity contribution in [3.63, 3.8) is 0 Å². The van der Waals surface area contributed by atoms with Crippen molar-refractivity contribution in [2.75, 3.05) is 16.8 Å². The quantitative estimate of drug-likeness (QED) is 0.202. The van der Waals surface area contributed by atoms with E-state index < -0.39 is 5.82 Å². The Morgan fingerprint density at radius 1 is 0.902 bits per heavy atom. The normalized spacial score (nSPS) is 15.4. The van der Waals surface area contributed by atoms with E-state index in [1.54, 1.807) is 12.1 Å². The van der Waals surface area contributed by atoms with Gasteiger partial charge in [0.1, 0.15) is 5.82 Å². The highest BCUT2D eigenvalue weighted by atomic mass is 79.9. The third-order valence-electron chi connectivity index (χ3n) is 7.39. The predicted octanol–water partition coefficient (Wildman–Crippen LogP) is 8.56. The van der Waals surface area contributed by atoms with Crippen LogP contribution in [0.4, 0.5) is 27.3 Å². The van der Waals surface area contributed by atoms with Gasteiger partial charge < -0.3 is 9.80 Å². The molecule has 0 saturated carbocycles. The van der Waals surface area contributed by atoms with Gasteiger partial charge in [0, 0.05) is 22.8 Å². The third-order valence-corrected chi connectivity index (χ3v) is 8.18. The number of benzene rings is 4. The van der Waals surface area contributed by atoms with Crippen LogP contribution in [0.5, 0.6) is 0 Å². The molecule has 1 atom stereocenters. The molecule has 1 aromatic heterocycles. The molecule has 4 aromatic carbocycles. The van der Waals surface area contributed by atoms with Crippen LogP contribution in [0.2, 0.25) is 5.02 Å². The molecule has 0 radical (unpaired) electrons. The van der Waals surface area contributed by atoms with Gasteiger partial charge in [-0.1, -0.05) is 70.0 Å². The summed E-state index contributed by atoms with van der Waals surface area (Å²) in [4.78, 5) is 14.5. The smallest absolute Gasteiger partial charge is 0.179 e. The SMILES string of the molecule is Cc1nn(-c2ccccc2)c2c1[C@H](c1cccc(Br)c1)N1C(=N2)C(N(C)c2ccc(F)c(Cl)c2)=Nc2ccccc21. The lowest BCUT2D eigenvalue weighted by Crippen LogP contribution is -2.49. The molecule has 2 aliphatic rings. The first-order valence-electron chi connectivity index (χ1n) is 13.1. The minimum Gasteiger partial charge on any atom is -0.326 e. The molecule has 0 spiro atoms. The van der Waals surface area contributed by atoms with Crippen molar-refractivity contribution in [1.29, 1.82) is 0 Å². The first kappa shape index (κ1) is 25.7. The van der Waals surface area contributed by atoms with Crippen molar-refractivity contribution in [2.24, 2.45) is 9.98 Å². The number of likely N-dealkylation sites (N-methyl/N-ethyl adjacent to an activating group) is 1. The topological polar surface area (TPSA) is 49.0 Å². The number of aromatic nitrogens is 2. The Morgan fingerprint density at radius 2 is 1.68 bits per heavy atom. The number of hydrogen-bond donors (Lipinski definition) is 0. The number of amidine groups is 2. The number of para-hydroxylation sites is 3. The van der Waals surface area contributed by atoms with Gasteiger partial charge in [-0.05, 0) is 67.1 Å². The Balaban J connectivity index is 1.52. The van der Waals surface area contributed by atoms with E-state index in [1.807, 2.05) is 84.2 Å². The van der Waals surface area contributed by atoms with E-state index in [2.05, 4.69) is 39.0 Å². The fourth-order valence-electron chi connectivity index (χ4n) is 5.48. The van der Waals surface area contributed by atoms with E-state index in [1.165, 1.54) is 6.07 Å². The molecular weight excluding hydrogens is 603 g/mol. The van der Waals surface area contributed by atoms with Crippen LogP contribution in [0, 0.1) is 12.7 Å². The average molecular weight is 626 g/mol. The van der Waals surface area contributed by atoms with E-state index in [9.17, 15) is 4.39 Å². The maximum Gasteiger partial charge on any atom is 0.179 e. The Bertz CT molecular complexity index is 1880. The number of rotatable bonds is 3. The highest BCUT2D eigenvalue weighted by molar-refractivity contribution is 9.10. The van der Waals surface area contributed by atoms with Gasteiger partial charge in [-0.15, -0.1) is 0 Å². The largest absolute Gasteiger partial charge is 0.326 e. The molecule has 41 heavy (non-hydrogen) atoms. The van der Waals surface area contributed by atoms with Crippen LogP contribution < -0.4 is 9.80 Å². The number of anilines is 2. The minimum absolute atomic E-state index is 0.0423. The Kier molecular flexibility index (Phi) is 6.25. The molecule has 5 aromatic rings. The van der Waals surface area contributed by atoms with Gasteiger partial charge >= 0.3 is 0 Å². The molecular formula is C32H23BrClFN6. The van der Waals surface area contributed by atoms with Gasteiger partial charge in [0.25, 0.3) is 0 Å². The predicted molar refractivity (Wildman–Crippen MR) is 167 cm³/mol. The highest BCUT2D eigenvalue weighted by Crippen LogP contribution is 2.48. The first-order valence-corrected chi connectivity index (χ1v) is 14.2. The van der Waals surface area contributed by atoms with Gasteiger partial charge in [-0.3, -0.25) is 0 Å². The summed E-state index contributed by atoms with van der Waals surface area (Å²) in [6, 6.07) is 30.8. The van der Waals surface area contributed by atoms with Gasteiger partial charge in [0.2, 0.25) is 0 Å². The summed E-state index contributed by atoms with van der Waals surface area (Å²) in [7, 11) is 1.89. The zero-order valence-corrected chi connectivity index (χ0v) is 24.5. The molecule has 9 heteroatoms. The lowest BCUT2D eigenvalue weighted by molar-refractivity contribution is 0.628. The van der Waals surface area contributed by atoms with Gasteiger partial charge in [0.05, 0.1) is 33.8 Å². The summed E-state index contributed by atoms with van der Waals surface area (Å²) in [6.07, 6.45) is 0. The van der Waals surface area contributed by atoms with Crippen LogP contribution in [-0.2, 0) is 0 Å². The summed E-state index contributed by atoms with van der Waals surface area (Å²) in [5, 5.41) is 5.02.